The maximum absolute atomic E-state index is 12.9. The van der Waals surface area contributed by atoms with E-state index in [0.29, 0.717) is 12.0 Å². The van der Waals surface area contributed by atoms with Crippen LogP contribution >= 0.6 is 11.3 Å². The van der Waals surface area contributed by atoms with Crippen LogP contribution in [0.5, 0.6) is 0 Å². The summed E-state index contributed by atoms with van der Waals surface area (Å²) in [5.41, 5.74) is 3.76. The van der Waals surface area contributed by atoms with Crippen molar-refractivity contribution in [1.82, 2.24) is 4.72 Å². The molecule has 6 nitrogen and oxygen atoms in total. The number of aliphatic hydroxyl groups is 1. The number of carbonyl (C=O) groups excluding carboxylic acids is 1. The van der Waals surface area contributed by atoms with Gasteiger partial charge in [-0.25, -0.2) is 8.42 Å². The molecule has 0 fully saturated rings. The van der Waals surface area contributed by atoms with E-state index in [1.54, 1.807) is 6.92 Å². The largest absolute Gasteiger partial charge is 0.468 e. The van der Waals surface area contributed by atoms with Crippen molar-refractivity contribution in [2.45, 2.75) is 89.9 Å². The molecule has 196 valence electrons. The Kier molecular flexibility index (Phi) is 9.73. The first-order valence-corrected chi connectivity index (χ1v) is 14.5. The molecular formula is C27H41NO5S2. The first-order valence-electron chi connectivity index (χ1n) is 12.2. The number of sulfonamides is 1. The van der Waals surface area contributed by atoms with Gasteiger partial charge in [0.25, 0.3) is 10.0 Å². The highest BCUT2D eigenvalue weighted by atomic mass is 32.2. The summed E-state index contributed by atoms with van der Waals surface area (Å²) >= 11 is 1.27. The summed E-state index contributed by atoms with van der Waals surface area (Å²) in [7, 11) is -2.61. The first kappa shape index (κ1) is 29.5. The zero-order valence-corrected chi connectivity index (χ0v) is 24.0. The lowest BCUT2D eigenvalue weighted by Crippen LogP contribution is -2.30. The molecule has 35 heavy (non-hydrogen) atoms. The van der Waals surface area contributed by atoms with Gasteiger partial charge >= 0.3 is 5.97 Å². The van der Waals surface area contributed by atoms with E-state index in [0.717, 1.165) is 29.7 Å². The van der Waals surface area contributed by atoms with Crippen molar-refractivity contribution in [3.05, 3.63) is 51.4 Å². The van der Waals surface area contributed by atoms with Crippen molar-refractivity contribution in [2.75, 3.05) is 13.7 Å². The van der Waals surface area contributed by atoms with E-state index in [4.69, 9.17) is 0 Å². The van der Waals surface area contributed by atoms with E-state index in [2.05, 4.69) is 48.4 Å². The predicted molar refractivity (Wildman–Crippen MR) is 143 cm³/mol. The maximum atomic E-state index is 12.9. The van der Waals surface area contributed by atoms with Gasteiger partial charge in [0.1, 0.15) is 10.8 Å². The third kappa shape index (κ3) is 6.73. The normalized spacial score (nSPS) is 13.6. The molecule has 0 radical (unpaired) electrons. The summed E-state index contributed by atoms with van der Waals surface area (Å²) in [4.78, 5) is 12.4. The second kappa shape index (κ2) is 11.5. The molecule has 0 bridgehead atoms. The van der Waals surface area contributed by atoms with Gasteiger partial charge in [0, 0.05) is 10.3 Å². The second-order valence-electron chi connectivity index (χ2n) is 10.3. The predicted octanol–water partition coefficient (Wildman–Crippen LogP) is 5.26. The van der Waals surface area contributed by atoms with Gasteiger partial charge in [-0.05, 0) is 73.3 Å². The molecule has 2 aromatic rings. The fraction of sp³-hybridized carbons (Fsp3) is 0.593. The Balaban J connectivity index is 2.40. The van der Waals surface area contributed by atoms with Gasteiger partial charge in [-0.3, -0.25) is 4.79 Å². The molecule has 1 aromatic heterocycles. The molecule has 0 saturated heterocycles. The molecule has 0 saturated carbocycles. The van der Waals surface area contributed by atoms with Crippen LogP contribution in [0.4, 0.5) is 0 Å². The Labute approximate surface area is 215 Å². The maximum Gasteiger partial charge on any atom is 0.320 e. The number of benzene rings is 1. The molecule has 2 N–H and O–H groups in total. The quantitative estimate of drug-likeness (QED) is 0.392. The number of rotatable bonds is 11. The molecule has 0 aliphatic rings. The van der Waals surface area contributed by atoms with Crippen molar-refractivity contribution >= 4 is 27.3 Å². The lowest BCUT2D eigenvalue weighted by atomic mass is 9.73. The molecule has 1 heterocycles. The van der Waals surface area contributed by atoms with Crippen LogP contribution in [0.3, 0.4) is 0 Å². The molecule has 0 aliphatic carbocycles. The second-order valence-corrected chi connectivity index (χ2v) is 13.3. The Hall–Kier alpha value is -1.74. The number of esters is 1. The Morgan fingerprint density at radius 3 is 2.26 bits per heavy atom. The number of hydrogen-bond acceptors (Lipinski definition) is 6. The van der Waals surface area contributed by atoms with Gasteiger partial charge in [0.15, 0.2) is 0 Å². The monoisotopic (exact) mass is 523 g/mol. The van der Waals surface area contributed by atoms with Crippen molar-refractivity contribution in [1.29, 1.82) is 0 Å². The molecule has 2 rings (SSSR count). The van der Waals surface area contributed by atoms with Gasteiger partial charge < -0.3 is 9.84 Å². The fourth-order valence-electron chi connectivity index (χ4n) is 4.41. The van der Waals surface area contributed by atoms with Crippen LogP contribution in [0.2, 0.25) is 0 Å². The Morgan fingerprint density at radius 1 is 1.11 bits per heavy atom. The molecule has 1 aromatic carbocycles. The molecule has 0 amide bonds. The highest BCUT2D eigenvalue weighted by Crippen LogP contribution is 2.44. The Morgan fingerprint density at radius 2 is 1.74 bits per heavy atom. The number of methoxy groups -OCH3 is 1. The SMILES string of the molecule is CCC(CC)(c1ccc(CCC(O)C(C)(C)C)c(C)c1)c1cc(C)c(S(=O)(=O)NCC(=O)OC)s1. The number of carbonyl (C=O) groups is 1. The number of aryl methyl sites for hydroxylation is 3. The third-order valence-corrected chi connectivity index (χ3v) is 10.5. The number of aliphatic hydroxyl groups excluding tert-OH is 1. The summed E-state index contributed by atoms with van der Waals surface area (Å²) in [6.07, 6.45) is 2.79. The molecular weight excluding hydrogens is 482 g/mol. The zero-order valence-electron chi connectivity index (χ0n) is 22.3. The average Bonchev–Trinajstić information content (AvgIpc) is 3.20. The van der Waals surface area contributed by atoms with Crippen molar-refractivity contribution in [2.24, 2.45) is 5.41 Å². The van der Waals surface area contributed by atoms with Crippen molar-refractivity contribution in [3.8, 4) is 0 Å². The van der Waals surface area contributed by atoms with E-state index in [1.165, 1.54) is 29.6 Å². The topological polar surface area (TPSA) is 92.7 Å². The minimum Gasteiger partial charge on any atom is -0.468 e. The van der Waals surface area contributed by atoms with E-state index >= 15 is 0 Å². The van der Waals surface area contributed by atoms with E-state index in [1.807, 2.05) is 26.8 Å². The van der Waals surface area contributed by atoms with Gasteiger partial charge in [-0.2, -0.15) is 4.72 Å². The van der Waals surface area contributed by atoms with Crippen molar-refractivity contribution < 1.29 is 23.1 Å². The van der Waals surface area contributed by atoms with Gasteiger partial charge in [0.05, 0.1) is 13.2 Å². The fourth-order valence-corrected chi connectivity index (χ4v) is 7.47. The van der Waals surface area contributed by atoms with Gasteiger partial charge in [0.2, 0.25) is 0 Å². The summed E-state index contributed by atoms with van der Waals surface area (Å²) in [5.74, 6) is -0.634. The van der Waals surface area contributed by atoms with Crippen LogP contribution < -0.4 is 4.72 Å². The minimum absolute atomic E-state index is 0.145. The van der Waals surface area contributed by atoms with E-state index in [-0.39, 0.29) is 21.1 Å². The number of hydrogen-bond donors (Lipinski definition) is 2. The van der Waals surface area contributed by atoms with E-state index in [9.17, 15) is 18.3 Å². The van der Waals surface area contributed by atoms with Crippen LogP contribution in [0.15, 0.2) is 28.5 Å². The highest BCUT2D eigenvalue weighted by molar-refractivity contribution is 7.91. The van der Waals surface area contributed by atoms with Gasteiger partial charge in [-0.15, -0.1) is 11.3 Å². The van der Waals surface area contributed by atoms with Crippen LogP contribution in [0.25, 0.3) is 0 Å². The average molecular weight is 524 g/mol. The van der Waals surface area contributed by atoms with Crippen LogP contribution in [0, 0.1) is 19.3 Å². The number of ether oxygens (including phenoxy) is 1. The first-order chi connectivity index (χ1) is 16.2. The number of nitrogens with one attached hydrogen (secondary N) is 1. The highest BCUT2D eigenvalue weighted by Gasteiger charge is 2.35. The zero-order chi connectivity index (χ0) is 26.6. The summed E-state index contributed by atoms with van der Waals surface area (Å²) in [6, 6.07) is 8.48. The minimum atomic E-state index is -3.83. The lowest BCUT2D eigenvalue weighted by Gasteiger charge is -2.32. The summed E-state index contributed by atoms with van der Waals surface area (Å²) in [6.45, 7) is 13.9. The van der Waals surface area contributed by atoms with Crippen LogP contribution in [-0.4, -0.2) is 39.3 Å². The third-order valence-electron chi connectivity index (χ3n) is 7.01. The van der Waals surface area contributed by atoms with E-state index < -0.39 is 22.5 Å². The smallest absolute Gasteiger partial charge is 0.320 e. The molecule has 0 aliphatic heterocycles. The number of thiophene rings is 1. The van der Waals surface area contributed by atoms with Gasteiger partial charge in [-0.1, -0.05) is 52.8 Å². The lowest BCUT2D eigenvalue weighted by molar-refractivity contribution is -0.139. The molecule has 8 heteroatoms. The summed E-state index contributed by atoms with van der Waals surface area (Å²) in [5, 5.41) is 10.4. The van der Waals surface area contributed by atoms with Crippen molar-refractivity contribution in [3.63, 3.8) is 0 Å². The molecule has 0 spiro atoms. The molecule has 1 unspecified atom stereocenters. The van der Waals surface area contributed by atoms with Crippen LogP contribution in [0.1, 0.15) is 81.0 Å². The van der Waals surface area contributed by atoms with Crippen LogP contribution in [-0.2, 0) is 31.4 Å². The Bertz CT molecular complexity index is 1120. The standard InChI is InChI=1S/C27H41NO5S2/c1-9-27(10-2,21-13-11-20(18(3)15-21)12-14-22(29)26(5,6)7)23-16-19(4)25(34-23)35(31,32)28-17-24(30)33-8/h11,13,15-16,22,28-29H,9-10,12,14,17H2,1-8H3. The molecule has 1 atom stereocenters. The summed E-state index contributed by atoms with van der Waals surface area (Å²) < 4.78 is 32.9.